The van der Waals surface area contributed by atoms with Crippen molar-refractivity contribution in [2.45, 2.75) is 39.0 Å². The van der Waals surface area contributed by atoms with Crippen LogP contribution in [0.1, 0.15) is 44.6 Å². The fourth-order valence-corrected chi connectivity index (χ4v) is 3.19. The van der Waals surface area contributed by atoms with Crippen LogP contribution in [-0.4, -0.2) is 30.2 Å². The molecule has 0 atom stereocenters. The highest BCUT2D eigenvalue weighted by Crippen LogP contribution is 2.33. The van der Waals surface area contributed by atoms with E-state index in [9.17, 15) is 0 Å². The number of benzene rings is 1. The van der Waals surface area contributed by atoms with Gasteiger partial charge < -0.3 is 15.0 Å². The van der Waals surface area contributed by atoms with E-state index in [-0.39, 0.29) is 0 Å². The summed E-state index contributed by atoms with van der Waals surface area (Å²) in [6.45, 7) is 4.20. The van der Waals surface area contributed by atoms with Crippen LogP contribution < -0.4 is 15.0 Å². The first-order valence-electron chi connectivity index (χ1n) is 10.3. The molecule has 1 aromatic heterocycles. The maximum atomic E-state index is 8.96. The summed E-state index contributed by atoms with van der Waals surface area (Å²) in [5, 5.41) is 12.2. The zero-order chi connectivity index (χ0) is 20.5. The van der Waals surface area contributed by atoms with Gasteiger partial charge in [-0.1, -0.05) is 19.8 Å². The number of anilines is 3. The zero-order valence-electron chi connectivity index (χ0n) is 17.3. The number of unbranched alkanes of at least 4 members (excludes halogenated alkanes) is 2. The van der Waals surface area contributed by atoms with E-state index in [1.807, 2.05) is 24.3 Å². The van der Waals surface area contributed by atoms with Crippen molar-refractivity contribution in [2.24, 2.45) is 5.92 Å². The number of rotatable bonds is 11. The molecule has 1 aliphatic rings. The van der Waals surface area contributed by atoms with E-state index < -0.39 is 0 Å². The third-order valence-electron chi connectivity index (χ3n) is 4.99. The van der Waals surface area contributed by atoms with Crippen LogP contribution in [0.2, 0.25) is 0 Å². The van der Waals surface area contributed by atoms with Crippen LogP contribution in [0.15, 0.2) is 36.5 Å². The first kappa shape index (κ1) is 20.7. The van der Waals surface area contributed by atoms with Crippen molar-refractivity contribution in [3.05, 3.63) is 42.1 Å². The molecule has 0 saturated heterocycles. The minimum atomic E-state index is 0.551. The average molecular weight is 392 g/mol. The number of nitrogens with one attached hydrogen (secondary N) is 1. The minimum Gasteiger partial charge on any atom is -0.497 e. The fourth-order valence-electron chi connectivity index (χ4n) is 3.19. The van der Waals surface area contributed by atoms with Gasteiger partial charge in [0.1, 0.15) is 11.6 Å². The smallest absolute Gasteiger partial charge is 0.229 e. The minimum absolute atomic E-state index is 0.551. The van der Waals surface area contributed by atoms with Crippen molar-refractivity contribution >= 4 is 23.5 Å². The molecule has 3 rings (SSSR count). The Kier molecular flexibility index (Phi) is 7.46. The summed E-state index contributed by atoms with van der Waals surface area (Å²) in [4.78, 5) is 11.7. The second kappa shape index (κ2) is 10.5. The van der Waals surface area contributed by atoms with Gasteiger partial charge in [0.2, 0.25) is 5.95 Å². The molecule has 1 aliphatic carbocycles. The number of hydrogen-bond donors (Lipinski definition) is 1. The quantitative estimate of drug-likeness (QED) is 0.421. The maximum absolute atomic E-state index is 8.96. The lowest BCUT2D eigenvalue weighted by atomic mass is 10.2. The SMILES string of the molecule is CCCCCN(CC1CC1)c1nc(Nc2ccc(OC)cc2)ncc1C=CC#N. The molecule has 0 radical (unpaired) electrons. The van der Waals surface area contributed by atoms with Gasteiger partial charge in [-0.3, -0.25) is 0 Å². The van der Waals surface area contributed by atoms with Crippen molar-refractivity contribution in [2.75, 3.05) is 30.4 Å². The third kappa shape index (κ3) is 6.21. The fraction of sp³-hybridized carbons (Fsp3) is 0.435. The maximum Gasteiger partial charge on any atom is 0.229 e. The standard InChI is InChI=1S/C23H29N5O/c1-3-4-5-15-28(17-18-8-9-18)22-19(7-6-14-24)16-25-23(27-22)26-20-10-12-21(29-2)13-11-20/h6-7,10-13,16,18H,3-5,8-9,15,17H2,1-2H3,(H,25,26,27). The lowest BCUT2D eigenvalue weighted by Crippen LogP contribution is -2.29. The van der Waals surface area contributed by atoms with Gasteiger partial charge in [-0.15, -0.1) is 0 Å². The van der Waals surface area contributed by atoms with Crippen LogP contribution in [0.5, 0.6) is 5.75 Å². The molecule has 0 unspecified atom stereocenters. The first-order valence-corrected chi connectivity index (χ1v) is 10.3. The number of nitriles is 1. The van der Waals surface area contributed by atoms with E-state index in [4.69, 9.17) is 15.0 Å². The van der Waals surface area contributed by atoms with Gasteiger partial charge in [0.25, 0.3) is 0 Å². The van der Waals surface area contributed by atoms with Gasteiger partial charge in [-0.2, -0.15) is 10.2 Å². The first-order chi connectivity index (χ1) is 14.2. The predicted octanol–water partition coefficient (Wildman–Crippen LogP) is 5.17. The number of ether oxygens (including phenoxy) is 1. The molecular weight excluding hydrogens is 362 g/mol. The largest absolute Gasteiger partial charge is 0.497 e. The molecule has 1 aromatic carbocycles. The van der Waals surface area contributed by atoms with Crippen molar-refractivity contribution in [3.8, 4) is 11.8 Å². The van der Waals surface area contributed by atoms with Crippen molar-refractivity contribution < 1.29 is 4.74 Å². The molecule has 29 heavy (non-hydrogen) atoms. The molecule has 152 valence electrons. The average Bonchev–Trinajstić information content (AvgIpc) is 3.57. The van der Waals surface area contributed by atoms with Crippen molar-refractivity contribution in [3.63, 3.8) is 0 Å². The number of hydrogen-bond acceptors (Lipinski definition) is 6. The van der Waals surface area contributed by atoms with E-state index >= 15 is 0 Å². The lowest BCUT2D eigenvalue weighted by Gasteiger charge is -2.25. The molecule has 6 nitrogen and oxygen atoms in total. The van der Waals surface area contributed by atoms with E-state index in [0.717, 1.165) is 48.2 Å². The van der Waals surface area contributed by atoms with E-state index in [1.54, 1.807) is 19.4 Å². The number of nitrogens with zero attached hydrogens (tertiary/aromatic N) is 4. The third-order valence-corrected chi connectivity index (χ3v) is 4.99. The topological polar surface area (TPSA) is 74.1 Å². The molecule has 1 saturated carbocycles. The Morgan fingerprint density at radius 3 is 2.72 bits per heavy atom. The van der Waals surface area contributed by atoms with E-state index in [1.165, 1.54) is 31.8 Å². The molecule has 0 spiro atoms. The Balaban J connectivity index is 1.86. The molecule has 1 N–H and O–H groups in total. The number of allylic oxidation sites excluding steroid dienone is 1. The highest BCUT2D eigenvalue weighted by Gasteiger charge is 2.26. The number of aromatic nitrogens is 2. The van der Waals surface area contributed by atoms with Crippen molar-refractivity contribution in [1.29, 1.82) is 5.26 Å². The molecule has 2 aromatic rings. The van der Waals surface area contributed by atoms with Crippen LogP contribution in [0, 0.1) is 17.2 Å². The van der Waals surface area contributed by atoms with Gasteiger partial charge in [-0.25, -0.2) is 4.98 Å². The van der Waals surface area contributed by atoms with Crippen molar-refractivity contribution in [1.82, 2.24) is 9.97 Å². The monoisotopic (exact) mass is 391 g/mol. The molecule has 6 heteroatoms. The molecule has 1 heterocycles. The Hall–Kier alpha value is -3.07. The second-order valence-electron chi connectivity index (χ2n) is 7.38. The van der Waals surface area contributed by atoms with E-state index in [2.05, 4.69) is 28.2 Å². The second-order valence-corrected chi connectivity index (χ2v) is 7.38. The zero-order valence-corrected chi connectivity index (χ0v) is 17.3. The van der Waals surface area contributed by atoms with Crippen LogP contribution >= 0.6 is 0 Å². The number of methoxy groups -OCH3 is 1. The Bertz CT molecular complexity index is 853. The Morgan fingerprint density at radius 2 is 2.07 bits per heavy atom. The summed E-state index contributed by atoms with van der Waals surface area (Å²) >= 11 is 0. The Labute approximate surface area is 173 Å². The van der Waals surface area contributed by atoms with Crippen LogP contribution in [-0.2, 0) is 0 Å². The molecule has 0 bridgehead atoms. The lowest BCUT2D eigenvalue weighted by molar-refractivity contribution is 0.415. The van der Waals surface area contributed by atoms with Crippen LogP contribution in [0.4, 0.5) is 17.5 Å². The Morgan fingerprint density at radius 1 is 1.28 bits per heavy atom. The molecule has 0 amide bonds. The van der Waals surface area contributed by atoms with Crippen LogP contribution in [0.3, 0.4) is 0 Å². The summed E-state index contributed by atoms with van der Waals surface area (Å²) in [5.74, 6) is 3.00. The summed E-state index contributed by atoms with van der Waals surface area (Å²) in [6, 6.07) is 9.75. The molecule has 1 fully saturated rings. The summed E-state index contributed by atoms with van der Waals surface area (Å²) < 4.78 is 5.21. The van der Waals surface area contributed by atoms with Crippen LogP contribution in [0.25, 0.3) is 6.08 Å². The predicted molar refractivity (Wildman–Crippen MR) is 117 cm³/mol. The summed E-state index contributed by atoms with van der Waals surface area (Å²) in [5.41, 5.74) is 1.78. The molecular formula is C23H29N5O. The summed E-state index contributed by atoms with van der Waals surface area (Å²) in [6.07, 6.45) is 11.2. The highest BCUT2D eigenvalue weighted by atomic mass is 16.5. The van der Waals surface area contributed by atoms with Gasteiger partial charge >= 0.3 is 0 Å². The van der Waals surface area contributed by atoms with Gasteiger partial charge in [-0.05, 0) is 55.5 Å². The summed E-state index contributed by atoms with van der Waals surface area (Å²) in [7, 11) is 1.65. The highest BCUT2D eigenvalue weighted by molar-refractivity contribution is 5.67. The van der Waals surface area contributed by atoms with Gasteiger partial charge in [0, 0.05) is 36.6 Å². The normalized spacial score (nSPS) is 13.3. The van der Waals surface area contributed by atoms with E-state index in [0.29, 0.717) is 5.95 Å². The van der Waals surface area contributed by atoms with Gasteiger partial charge in [0.15, 0.2) is 0 Å². The van der Waals surface area contributed by atoms with Gasteiger partial charge in [0.05, 0.1) is 13.2 Å². The molecule has 0 aliphatic heterocycles.